The molecule has 0 atom stereocenters. The first kappa shape index (κ1) is 26.0. The van der Waals surface area contributed by atoms with Gasteiger partial charge in [-0.15, -0.1) is 24.0 Å². The van der Waals surface area contributed by atoms with Crippen molar-refractivity contribution in [2.45, 2.75) is 6.54 Å². The maximum atomic E-state index is 11.6. The smallest absolute Gasteiger partial charge is 0.239 e. The second-order valence-electron chi connectivity index (χ2n) is 8.44. The summed E-state index contributed by atoms with van der Waals surface area (Å²) in [5, 5.41) is 6.37. The Morgan fingerprint density at radius 1 is 1.03 bits per heavy atom. The predicted octanol–water partition coefficient (Wildman–Crippen LogP) is 2.65. The molecular weight excluding hydrogens is 539 g/mol. The van der Waals surface area contributed by atoms with E-state index >= 15 is 0 Å². The number of nitrogens with zero attached hydrogens (tertiary/aromatic N) is 4. The van der Waals surface area contributed by atoms with Gasteiger partial charge in [-0.3, -0.25) is 14.7 Å². The van der Waals surface area contributed by atoms with Crippen LogP contribution >= 0.6 is 24.0 Å². The van der Waals surface area contributed by atoms with Crippen LogP contribution in [0.15, 0.2) is 65.7 Å². The molecule has 182 valence electrons. The maximum Gasteiger partial charge on any atom is 0.239 e. The Morgan fingerprint density at radius 2 is 1.76 bits per heavy atom. The van der Waals surface area contributed by atoms with Crippen LogP contribution in [0.4, 0.5) is 5.69 Å². The molecule has 1 amide bonds. The molecular formula is C26H35IN6O. The lowest BCUT2D eigenvalue weighted by Crippen LogP contribution is -2.52. The number of guanidine groups is 1. The van der Waals surface area contributed by atoms with E-state index in [2.05, 4.69) is 91.0 Å². The van der Waals surface area contributed by atoms with Crippen molar-refractivity contribution >= 4 is 47.6 Å². The Balaban J connectivity index is 0.00000324. The molecule has 0 aliphatic carbocycles. The highest BCUT2D eigenvalue weighted by Gasteiger charge is 2.19. The fourth-order valence-electron chi connectivity index (χ4n) is 4.24. The molecule has 2 heterocycles. The second kappa shape index (κ2) is 13.3. The number of carbonyl (C=O) groups is 1. The Kier molecular flexibility index (Phi) is 10.2. The summed E-state index contributed by atoms with van der Waals surface area (Å²) in [6.07, 6.45) is 4.44. The van der Waals surface area contributed by atoms with E-state index in [1.165, 1.54) is 11.1 Å². The van der Waals surface area contributed by atoms with Crippen LogP contribution < -0.4 is 15.5 Å². The number of anilines is 1. The van der Waals surface area contributed by atoms with E-state index in [4.69, 9.17) is 0 Å². The van der Waals surface area contributed by atoms with E-state index in [9.17, 15) is 4.79 Å². The molecule has 34 heavy (non-hydrogen) atoms. The van der Waals surface area contributed by atoms with Gasteiger partial charge in [0.25, 0.3) is 0 Å². The van der Waals surface area contributed by atoms with Gasteiger partial charge in [-0.2, -0.15) is 0 Å². The van der Waals surface area contributed by atoms with Crippen LogP contribution in [0.2, 0.25) is 0 Å². The Morgan fingerprint density at radius 3 is 2.44 bits per heavy atom. The fourth-order valence-corrected chi connectivity index (χ4v) is 4.24. The minimum atomic E-state index is 0. The van der Waals surface area contributed by atoms with E-state index in [-0.39, 0.29) is 29.9 Å². The van der Waals surface area contributed by atoms with E-state index in [0.717, 1.165) is 57.5 Å². The van der Waals surface area contributed by atoms with E-state index in [0.29, 0.717) is 13.1 Å². The summed E-state index contributed by atoms with van der Waals surface area (Å²) < 4.78 is 0. The fraction of sp³-hybridized carbons (Fsp3) is 0.385. The predicted molar refractivity (Wildman–Crippen MR) is 151 cm³/mol. The van der Waals surface area contributed by atoms with Crippen LogP contribution in [0.5, 0.6) is 0 Å². The van der Waals surface area contributed by atoms with Gasteiger partial charge in [0, 0.05) is 65.1 Å². The summed E-state index contributed by atoms with van der Waals surface area (Å²) in [6.45, 7) is 7.67. The SMILES string of the molecule is CN=C(NCc1ccc(N2CCNC(=O)C2)cc1)N1CCN(C/C=C/c2ccccc2)CC1.I. The average molecular weight is 575 g/mol. The number of carbonyl (C=O) groups excluding carboxylic acids is 1. The van der Waals surface area contributed by atoms with Gasteiger partial charge in [0.2, 0.25) is 5.91 Å². The Bertz CT molecular complexity index is 955. The molecule has 2 fully saturated rings. The van der Waals surface area contributed by atoms with Crippen molar-refractivity contribution in [3.8, 4) is 0 Å². The lowest BCUT2D eigenvalue weighted by Gasteiger charge is -2.36. The Labute approximate surface area is 219 Å². The molecule has 0 bridgehead atoms. The number of halogens is 1. The third-order valence-electron chi connectivity index (χ3n) is 6.15. The largest absolute Gasteiger partial charge is 0.360 e. The van der Waals surface area contributed by atoms with Gasteiger partial charge in [-0.05, 0) is 23.3 Å². The zero-order valence-corrected chi connectivity index (χ0v) is 22.2. The maximum absolute atomic E-state index is 11.6. The van der Waals surface area contributed by atoms with Gasteiger partial charge >= 0.3 is 0 Å². The molecule has 2 aliphatic rings. The number of piperazine rings is 2. The monoisotopic (exact) mass is 574 g/mol. The topological polar surface area (TPSA) is 63.2 Å². The summed E-state index contributed by atoms with van der Waals surface area (Å²) in [4.78, 5) is 23.0. The van der Waals surface area contributed by atoms with Crippen molar-refractivity contribution < 1.29 is 4.79 Å². The van der Waals surface area contributed by atoms with Crippen LogP contribution in [-0.2, 0) is 11.3 Å². The third-order valence-corrected chi connectivity index (χ3v) is 6.15. The molecule has 7 nitrogen and oxygen atoms in total. The highest BCUT2D eigenvalue weighted by Crippen LogP contribution is 2.16. The average Bonchev–Trinajstić information content (AvgIpc) is 2.86. The first-order valence-corrected chi connectivity index (χ1v) is 11.7. The number of nitrogens with one attached hydrogen (secondary N) is 2. The van der Waals surface area contributed by atoms with Crippen LogP contribution in [0.1, 0.15) is 11.1 Å². The zero-order valence-electron chi connectivity index (χ0n) is 19.8. The van der Waals surface area contributed by atoms with Crippen molar-refractivity contribution in [2.75, 3.05) is 64.3 Å². The molecule has 0 radical (unpaired) electrons. The highest BCUT2D eigenvalue weighted by atomic mass is 127. The molecule has 2 aromatic rings. The van der Waals surface area contributed by atoms with Gasteiger partial charge in [0.05, 0.1) is 6.54 Å². The van der Waals surface area contributed by atoms with E-state index < -0.39 is 0 Å². The van der Waals surface area contributed by atoms with Gasteiger partial charge in [-0.1, -0.05) is 54.6 Å². The Hall–Kier alpha value is -2.59. The number of rotatable bonds is 6. The summed E-state index contributed by atoms with van der Waals surface area (Å²) >= 11 is 0. The lowest BCUT2D eigenvalue weighted by atomic mass is 10.2. The summed E-state index contributed by atoms with van der Waals surface area (Å²) in [6, 6.07) is 18.9. The minimum absolute atomic E-state index is 0. The zero-order chi connectivity index (χ0) is 22.9. The number of benzene rings is 2. The summed E-state index contributed by atoms with van der Waals surface area (Å²) in [5.41, 5.74) is 3.54. The molecule has 2 aliphatic heterocycles. The molecule has 0 aromatic heterocycles. The van der Waals surface area contributed by atoms with Crippen molar-refractivity contribution in [1.82, 2.24) is 20.4 Å². The minimum Gasteiger partial charge on any atom is -0.360 e. The normalized spacial score (nSPS) is 17.4. The number of hydrogen-bond donors (Lipinski definition) is 2. The number of aliphatic imine (C=N–C) groups is 1. The van der Waals surface area contributed by atoms with Crippen molar-refractivity contribution in [3.63, 3.8) is 0 Å². The summed E-state index contributed by atoms with van der Waals surface area (Å²) in [7, 11) is 1.85. The first-order valence-electron chi connectivity index (χ1n) is 11.7. The van der Waals surface area contributed by atoms with Gasteiger partial charge in [0.15, 0.2) is 5.96 Å². The summed E-state index contributed by atoms with van der Waals surface area (Å²) in [5.74, 6) is 1.04. The first-order chi connectivity index (χ1) is 16.2. The molecule has 2 N–H and O–H groups in total. The lowest BCUT2D eigenvalue weighted by molar-refractivity contribution is -0.120. The number of hydrogen-bond acceptors (Lipinski definition) is 4. The van der Waals surface area contributed by atoms with Crippen molar-refractivity contribution in [3.05, 3.63) is 71.8 Å². The van der Waals surface area contributed by atoms with Crippen LogP contribution in [0.3, 0.4) is 0 Å². The van der Waals surface area contributed by atoms with Crippen molar-refractivity contribution in [2.24, 2.45) is 4.99 Å². The molecule has 0 saturated carbocycles. The third kappa shape index (κ3) is 7.46. The quantitative estimate of drug-likeness (QED) is 0.316. The van der Waals surface area contributed by atoms with Crippen molar-refractivity contribution in [1.29, 1.82) is 0 Å². The van der Waals surface area contributed by atoms with Gasteiger partial charge in [-0.25, -0.2) is 0 Å². The molecule has 2 saturated heterocycles. The van der Waals surface area contributed by atoms with E-state index in [1.54, 1.807) is 0 Å². The standard InChI is InChI=1S/C26H34N6O.HI/c1-27-26(29-20-23-9-11-24(12-10-23)32-15-13-28-25(33)21-32)31-18-16-30(17-19-31)14-5-8-22-6-3-2-4-7-22;/h2-12H,13-21H2,1H3,(H,27,29)(H,28,33);1H/b8-5+;. The van der Waals surface area contributed by atoms with Gasteiger partial charge < -0.3 is 20.4 Å². The van der Waals surface area contributed by atoms with Crippen LogP contribution in [0.25, 0.3) is 6.08 Å². The molecule has 2 aromatic carbocycles. The van der Waals surface area contributed by atoms with Crippen LogP contribution in [0, 0.1) is 0 Å². The van der Waals surface area contributed by atoms with E-state index in [1.807, 2.05) is 13.1 Å². The second-order valence-corrected chi connectivity index (χ2v) is 8.44. The molecule has 8 heteroatoms. The highest BCUT2D eigenvalue weighted by molar-refractivity contribution is 14.0. The van der Waals surface area contributed by atoms with Gasteiger partial charge in [0.1, 0.15) is 0 Å². The molecule has 0 spiro atoms. The van der Waals surface area contributed by atoms with Crippen LogP contribution in [-0.4, -0.2) is 81.1 Å². The molecule has 4 rings (SSSR count). The molecule has 0 unspecified atom stereocenters. The number of amides is 1.